The Balaban J connectivity index is 1.66. The molecule has 29 heavy (non-hydrogen) atoms. The van der Waals surface area contributed by atoms with E-state index in [1.54, 1.807) is 30.5 Å². The van der Waals surface area contributed by atoms with Gasteiger partial charge in [0.25, 0.3) is 0 Å². The van der Waals surface area contributed by atoms with E-state index in [2.05, 4.69) is 16.4 Å². The highest BCUT2D eigenvalue weighted by Gasteiger charge is 2.15. The summed E-state index contributed by atoms with van der Waals surface area (Å²) in [5.41, 5.74) is 4.01. The molecule has 1 saturated heterocycles. The summed E-state index contributed by atoms with van der Waals surface area (Å²) in [6, 6.07) is 17.8. The lowest BCUT2D eigenvalue weighted by molar-refractivity contribution is 0.215. The first kappa shape index (κ1) is 19.1. The van der Waals surface area contributed by atoms with E-state index in [0.29, 0.717) is 23.8 Å². The van der Waals surface area contributed by atoms with Crippen molar-refractivity contribution in [2.24, 2.45) is 5.92 Å². The van der Waals surface area contributed by atoms with Gasteiger partial charge in [-0.25, -0.2) is 4.39 Å². The maximum atomic E-state index is 13.4. The summed E-state index contributed by atoms with van der Waals surface area (Å²) in [6.07, 6.45) is 3.96. The van der Waals surface area contributed by atoms with Crippen LogP contribution >= 0.6 is 0 Å². The number of hydrogen-bond acceptors (Lipinski definition) is 4. The SMILES string of the molecule is N#Cc1ccc(-c2cc(OCC3CCNCC3)cnc2-c2ccc(F)cc2)cc1. The van der Waals surface area contributed by atoms with Gasteiger partial charge in [-0.3, -0.25) is 4.98 Å². The second-order valence-corrected chi connectivity index (χ2v) is 7.27. The predicted molar refractivity (Wildman–Crippen MR) is 111 cm³/mol. The van der Waals surface area contributed by atoms with Crippen molar-refractivity contribution in [3.63, 3.8) is 0 Å². The summed E-state index contributed by atoms with van der Waals surface area (Å²) >= 11 is 0. The molecule has 1 fully saturated rings. The lowest BCUT2D eigenvalue weighted by Gasteiger charge is -2.22. The molecule has 5 heteroatoms. The van der Waals surface area contributed by atoms with Crippen molar-refractivity contribution in [3.8, 4) is 34.2 Å². The molecule has 146 valence electrons. The fraction of sp³-hybridized carbons (Fsp3) is 0.250. The number of nitrogens with zero attached hydrogens (tertiary/aromatic N) is 2. The molecule has 1 aliphatic rings. The Morgan fingerprint density at radius 3 is 2.41 bits per heavy atom. The van der Waals surface area contributed by atoms with E-state index >= 15 is 0 Å². The Morgan fingerprint density at radius 1 is 1.03 bits per heavy atom. The summed E-state index contributed by atoms with van der Waals surface area (Å²) in [5.74, 6) is 0.982. The molecule has 0 unspecified atom stereocenters. The third-order valence-electron chi connectivity index (χ3n) is 5.25. The molecule has 0 saturated carbocycles. The van der Waals surface area contributed by atoms with E-state index in [0.717, 1.165) is 48.3 Å². The van der Waals surface area contributed by atoms with Crippen LogP contribution in [0.25, 0.3) is 22.4 Å². The van der Waals surface area contributed by atoms with Crippen LogP contribution in [0.4, 0.5) is 4.39 Å². The van der Waals surface area contributed by atoms with Crippen LogP contribution in [0.3, 0.4) is 0 Å². The van der Waals surface area contributed by atoms with Crippen molar-refractivity contribution >= 4 is 0 Å². The van der Waals surface area contributed by atoms with Crippen molar-refractivity contribution in [1.29, 1.82) is 5.26 Å². The molecule has 1 aromatic heterocycles. The Kier molecular flexibility index (Phi) is 5.83. The van der Waals surface area contributed by atoms with Crippen LogP contribution < -0.4 is 10.1 Å². The number of pyridine rings is 1. The number of piperidine rings is 1. The van der Waals surface area contributed by atoms with E-state index in [4.69, 9.17) is 10.00 Å². The van der Waals surface area contributed by atoms with Gasteiger partial charge in [-0.05, 0) is 79.9 Å². The highest BCUT2D eigenvalue weighted by atomic mass is 19.1. The Morgan fingerprint density at radius 2 is 1.72 bits per heavy atom. The molecule has 2 heterocycles. The number of ether oxygens (including phenoxy) is 1. The minimum Gasteiger partial charge on any atom is -0.492 e. The Bertz CT molecular complexity index is 1000. The Hall–Kier alpha value is -3.23. The largest absolute Gasteiger partial charge is 0.492 e. The van der Waals surface area contributed by atoms with Crippen LogP contribution in [0.5, 0.6) is 5.75 Å². The molecule has 1 N–H and O–H groups in total. The quantitative estimate of drug-likeness (QED) is 0.683. The molecular formula is C24H22FN3O. The van der Waals surface area contributed by atoms with Crippen LogP contribution in [-0.4, -0.2) is 24.7 Å². The first-order chi connectivity index (χ1) is 14.2. The third kappa shape index (κ3) is 4.61. The zero-order valence-corrected chi connectivity index (χ0v) is 16.1. The van der Waals surface area contributed by atoms with Crippen LogP contribution in [0.2, 0.25) is 0 Å². The van der Waals surface area contributed by atoms with Gasteiger partial charge in [-0.15, -0.1) is 0 Å². The van der Waals surface area contributed by atoms with Crippen molar-refractivity contribution in [1.82, 2.24) is 10.3 Å². The van der Waals surface area contributed by atoms with E-state index in [1.165, 1.54) is 12.1 Å². The maximum Gasteiger partial charge on any atom is 0.138 e. The molecule has 0 spiro atoms. The number of aromatic nitrogens is 1. The molecule has 4 rings (SSSR count). The smallest absolute Gasteiger partial charge is 0.138 e. The van der Waals surface area contributed by atoms with Crippen LogP contribution in [-0.2, 0) is 0 Å². The molecule has 1 aliphatic heterocycles. The standard InChI is InChI=1S/C24H22FN3O/c25-21-7-5-20(6-8-21)24-23(19-3-1-17(14-26)2-4-19)13-22(15-28-24)29-16-18-9-11-27-12-10-18/h1-8,13,15,18,27H,9-12,16H2. The van der Waals surface area contributed by atoms with Gasteiger partial charge >= 0.3 is 0 Å². The lowest BCUT2D eigenvalue weighted by Crippen LogP contribution is -2.30. The van der Waals surface area contributed by atoms with Crippen LogP contribution in [0.15, 0.2) is 60.8 Å². The molecule has 0 bridgehead atoms. The van der Waals surface area contributed by atoms with Crippen molar-refractivity contribution in [2.75, 3.05) is 19.7 Å². The number of halogens is 1. The first-order valence-electron chi connectivity index (χ1n) is 9.83. The summed E-state index contributed by atoms with van der Waals surface area (Å²) in [6.45, 7) is 2.74. The minimum absolute atomic E-state index is 0.282. The molecule has 0 atom stereocenters. The van der Waals surface area contributed by atoms with E-state index in [1.807, 2.05) is 18.2 Å². The number of rotatable bonds is 5. The molecule has 0 radical (unpaired) electrons. The summed E-state index contributed by atoms with van der Waals surface area (Å²) in [5, 5.41) is 12.4. The molecule has 4 nitrogen and oxygen atoms in total. The summed E-state index contributed by atoms with van der Waals surface area (Å²) in [4.78, 5) is 4.64. The van der Waals surface area contributed by atoms with Gasteiger partial charge in [-0.2, -0.15) is 5.26 Å². The summed E-state index contributed by atoms with van der Waals surface area (Å²) < 4.78 is 19.4. The van der Waals surface area contributed by atoms with Gasteiger partial charge in [0, 0.05) is 11.1 Å². The molecular weight excluding hydrogens is 365 g/mol. The molecule has 0 amide bonds. The van der Waals surface area contributed by atoms with Gasteiger partial charge in [0.1, 0.15) is 11.6 Å². The highest BCUT2D eigenvalue weighted by molar-refractivity contribution is 5.81. The Labute approximate surface area is 170 Å². The van der Waals surface area contributed by atoms with Gasteiger partial charge in [0.15, 0.2) is 0 Å². The third-order valence-corrected chi connectivity index (χ3v) is 5.25. The minimum atomic E-state index is -0.282. The molecule has 2 aromatic carbocycles. The van der Waals surface area contributed by atoms with Gasteiger partial charge < -0.3 is 10.1 Å². The monoisotopic (exact) mass is 387 g/mol. The number of hydrogen-bond donors (Lipinski definition) is 1. The van der Waals surface area contributed by atoms with Crippen molar-refractivity contribution < 1.29 is 9.13 Å². The number of benzene rings is 2. The van der Waals surface area contributed by atoms with Crippen LogP contribution in [0, 0.1) is 23.1 Å². The zero-order valence-electron chi connectivity index (χ0n) is 16.1. The maximum absolute atomic E-state index is 13.4. The fourth-order valence-corrected chi connectivity index (χ4v) is 3.57. The zero-order chi connectivity index (χ0) is 20.1. The van der Waals surface area contributed by atoms with E-state index < -0.39 is 0 Å². The van der Waals surface area contributed by atoms with Gasteiger partial charge in [-0.1, -0.05) is 12.1 Å². The van der Waals surface area contributed by atoms with Gasteiger partial charge in [0.2, 0.25) is 0 Å². The fourth-order valence-electron chi connectivity index (χ4n) is 3.57. The van der Waals surface area contributed by atoms with Crippen LogP contribution in [0.1, 0.15) is 18.4 Å². The average molecular weight is 387 g/mol. The second kappa shape index (κ2) is 8.85. The molecule has 3 aromatic rings. The topological polar surface area (TPSA) is 57.9 Å². The van der Waals surface area contributed by atoms with Gasteiger partial charge in [0.05, 0.1) is 30.1 Å². The number of nitrogens with one attached hydrogen (secondary N) is 1. The number of nitriles is 1. The second-order valence-electron chi connectivity index (χ2n) is 7.27. The molecule has 0 aliphatic carbocycles. The normalized spacial score (nSPS) is 14.3. The lowest BCUT2D eigenvalue weighted by atomic mass is 9.98. The van der Waals surface area contributed by atoms with E-state index in [9.17, 15) is 4.39 Å². The van der Waals surface area contributed by atoms with Crippen molar-refractivity contribution in [2.45, 2.75) is 12.8 Å². The first-order valence-corrected chi connectivity index (χ1v) is 9.83. The van der Waals surface area contributed by atoms with Crippen molar-refractivity contribution in [3.05, 3.63) is 72.2 Å². The highest BCUT2D eigenvalue weighted by Crippen LogP contribution is 2.33. The summed E-state index contributed by atoms with van der Waals surface area (Å²) in [7, 11) is 0. The predicted octanol–water partition coefficient (Wildman–Crippen LogP) is 4.80. The van der Waals surface area contributed by atoms with E-state index in [-0.39, 0.29) is 5.82 Å². The average Bonchev–Trinajstić information content (AvgIpc) is 2.79.